The van der Waals surface area contributed by atoms with E-state index in [1.54, 1.807) is 0 Å². The molecule has 196 valence electrons. The van der Waals surface area contributed by atoms with E-state index >= 15 is 0 Å². The molecule has 0 atom stereocenters. The summed E-state index contributed by atoms with van der Waals surface area (Å²) in [6.07, 6.45) is 4.53. The van der Waals surface area contributed by atoms with Crippen LogP contribution in [0.4, 0.5) is 0 Å². The fraction of sp³-hybridized carbons (Fsp3) is 0.0256. The molecule has 0 saturated heterocycles. The standard InChI is InChI=1S/C39H27BrS/c1-26-9-2-3-12-32(26)33-21-20-29(28-10-8-11-30(24-28)34-13-4-6-15-37(34)40)25-31(33)19-17-27-18-22-39-36(23-27)35-14-5-7-16-38(35)41-39/h2-25H,1H3/b19-17-. The van der Waals surface area contributed by atoms with Gasteiger partial charge in [-0.25, -0.2) is 0 Å². The topological polar surface area (TPSA) is 0 Å². The van der Waals surface area contributed by atoms with Gasteiger partial charge in [0.1, 0.15) is 0 Å². The van der Waals surface area contributed by atoms with Crippen LogP contribution in [0.2, 0.25) is 0 Å². The van der Waals surface area contributed by atoms with Crippen LogP contribution in [0.15, 0.2) is 138 Å². The summed E-state index contributed by atoms with van der Waals surface area (Å²) in [4.78, 5) is 0. The van der Waals surface area contributed by atoms with Crippen LogP contribution in [0.5, 0.6) is 0 Å². The second-order valence-electron chi connectivity index (χ2n) is 10.4. The molecule has 0 bridgehead atoms. The number of thiophene rings is 1. The molecule has 0 spiro atoms. The number of hydrogen-bond donors (Lipinski definition) is 0. The van der Waals surface area contributed by atoms with Gasteiger partial charge in [-0.05, 0) is 93.4 Å². The lowest BCUT2D eigenvalue weighted by atomic mass is 9.91. The van der Waals surface area contributed by atoms with Crippen molar-refractivity contribution in [2.45, 2.75) is 6.92 Å². The van der Waals surface area contributed by atoms with Gasteiger partial charge in [-0.3, -0.25) is 0 Å². The largest absolute Gasteiger partial charge is 0.135 e. The van der Waals surface area contributed by atoms with Crippen LogP contribution in [-0.2, 0) is 0 Å². The quantitative estimate of drug-likeness (QED) is 0.171. The Morgan fingerprint density at radius 3 is 2.12 bits per heavy atom. The van der Waals surface area contributed by atoms with Gasteiger partial charge in [-0.15, -0.1) is 11.3 Å². The molecule has 0 amide bonds. The Morgan fingerprint density at radius 1 is 0.512 bits per heavy atom. The smallest absolute Gasteiger partial charge is 0.0355 e. The highest BCUT2D eigenvalue weighted by atomic mass is 79.9. The van der Waals surface area contributed by atoms with Crippen molar-refractivity contribution in [1.29, 1.82) is 0 Å². The van der Waals surface area contributed by atoms with E-state index in [1.165, 1.54) is 70.2 Å². The molecule has 0 aliphatic heterocycles. The summed E-state index contributed by atoms with van der Waals surface area (Å²) < 4.78 is 3.77. The van der Waals surface area contributed by atoms with Gasteiger partial charge >= 0.3 is 0 Å². The van der Waals surface area contributed by atoms with Crippen molar-refractivity contribution in [3.8, 4) is 33.4 Å². The van der Waals surface area contributed by atoms with Gasteiger partial charge in [-0.2, -0.15) is 0 Å². The predicted molar refractivity (Wildman–Crippen MR) is 183 cm³/mol. The predicted octanol–water partition coefficient (Wildman–Crippen LogP) is 12.3. The van der Waals surface area contributed by atoms with Gasteiger partial charge in [0.25, 0.3) is 0 Å². The number of fused-ring (bicyclic) bond motifs is 3. The maximum atomic E-state index is 3.73. The molecule has 0 aliphatic rings. The van der Waals surface area contributed by atoms with Crippen molar-refractivity contribution in [2.24, 2.45) is 0 Å². The molecular weight excluding hydrogens is 580 g/mol. The zero-order valence-corrected chi connectivity index (χ0v) is 25.0. The molecule has 6 aromatic carbocycles. The normalized spacial score (nSPS) is 11.6. The Bertz CT molecular complexity index is 2080. The summed E-state index contributed by atoms with van der Waals surface area (Å²) >= 11 is 5.59. The van der Waals surface area contributed by atoms with Crippen LogP contribution in [0.1, 0.15) is 16.7 Å². The molecular formula is C39H27BrS. The average molecular weight is 608 g/mol. The maximum absolute atomic E-state index is 3.73. The first-order valence-electron chi connectivity index (χ1n) is 13.8. The van der Waals surface area contributed by atoms with E-state index in [9.17, 15) is 0 Å². The third kappa shape index (κ3) is 5.06. The van der Waals surface area contributed by atoms with Crippen molar-refractivity contribution >= 4 is 59.6 Å². The van der Waals surface area contributed by atoms with Crippen molar-refractivity contribution in [3.63, 3.8) is 0 Å². The summed E-state index contributed by atoms with van der Waals surface area (Å²) in [6.45, 7) is 2.19. The van der Waals surface area contributed by atoms with Gasteiger partial charge in [0.2, 0.25) is 0 Å². The third-order valence-corrected chi connectivity index (χ3v) is 9.57. The molecule has 0 aliphatic carbocycles. The first kappa shape index (κ1) is 25.7. The molecule has 0 saturated carbocycles. The molecule has 7 aromatic rings. The molecule has 1 aromatic heterocycles. The van der Waals surface area contributed by atoms with Gasteiger partial charge < -0.3 is 0 Å². The second-order valence-corrected chi connectivity index (χ2v) is 12.3. The van der Waals surface area contributed by atoms with Gasteiger partial charge in [0, 0.05) is 24.6 Å². The monoisotopic (exact) mass is 606 g/mol. The highest BCUT2D eigenvalue weighted by Gasteiger charge is 2.10. The lowest BCUT2D eigenvalue weighted by molar-refractivity contribution is 1.45. The average Bonchev–Trinajstić information content (AvgIpc) is 3.39. The molecule has 41 heavy (non-hydrogen) atoms. The van der Waals surface area contributed by atoms with E-state index in [1.807, 2.05) is 11.3 Å². The Balaban J connectivity index is 1.33. The fourth-order valence-electron chi connectivity index (χ4n) is 5.60. The van der Waals surface area contributed by atoms with Crippen molar-refractivity contribution in [2.75, 3.05) is 0 Å². The van der Waals surface area contributed by atoms with E-state index in [0.29, 0.717) is 0 Å². The molecule has 0 N–H and O–H groups in total. The summed E-state index contributed by atoms with van der Waals surface area (Å²) in [5.74, 6) is 0. The fourth-order valence-corrected chi connectivity index (χ4v) is 7.20. The van der Waals surface area contributed by atoms with E-state index in [4.69, 9.17) is 0 Å². The van der Waals surface area contributed by atoms with Gasteiger partial charge in [0.15, 0.2) is 0 Å². The van der Waals surface area contributed by atoms with Crippen LogP contribution in [0.3, 0.4) is 0 Å². The molecule has 1 heterocycles. The van der Waals surface area contributed by atoms with Crippen LogP contribution < -0.4 is 0 Å². The minimum absolute atomic E-state index is 1.10. The number of halogens is 1. The van der Waals surface area contributed by atoms with E-state index in [-0.39, 0.29) is 0 Å². The van der Waals surface area contributed by atoms with Crippen LogP contribution in [-0.4, -0.2) is 0 Å². The molecule has 0 radical (unpaired) electrons. The third-order valence-electron chi connectivity index (χ3n) is 7.72. The minimum Gasteiger partial charge on any atom is -0.135 e. The first-order chi connectivity index (χ1) is 20.1. The zero-order chi connectivity index (χ0) is 27.8. The van der Waals surface area contributed by atoms with E-state index < -0.39 is 0 Å². The molecule has 0 fully saturated rings. The van der Waals surface area contributed by atoms with Crippen molar-refractivity contribution in [1.82, 2.24) is 0 Å². The highest BCUT2D eigenvalue weighted by Crippen LogP contribution is 2.37. The van der Waals surface area contributed by atoms with Crippen LogP contribution in [0.25, 0.3) is 65.7 Å². The Hall–Kier alpha value is -4.24. The maximum Gasteiger partial charge on any atom is 0.0355 e. The zero-order valence-electron chi connectivity index (χ0n) is 22.6. The van der Waals surface area contributed by atoms with E-state index in [0.717, 1.165) is 4.47 Å². The second kappa shape index (κ2) is 11.0. The molecule has 0 unspecified atom stereocenters. The lowest BCUT2D eigenvalue weighted by Gasteiger charge is -2.13. The lowest BCUT2D eigenvalue weighted by Crippen LogP contribution is -1.89. The summed E-state index contributed by atoms with van der Waals surface area (Å²) in [7, 11) is 0. The summed E-state index contributed by atoms with van der Waals surface area (Å²) in [5, 5.41) is 2.65. The first-order valence-corrected chi connectivity index (χ1v) is 15.4. The van der Waals surface area contributed by atoms with Crippen LogP contribution in [0, 0.1) is 6.92 Å². The molecule has 7 rings (SSSR count). The van der Waals surface area contributed by atoms with Crippen molar-refractivity contribution in [3.05, 3.63) is 155 Å². The van der Waals surface area contributed by atoms with Gasteiger partial charge in [0.05, 0.1) is 0 Å². The molecule has 0 nitrogen and oxygen atoms in total. The Morgan fingerprint density at radius 2 is 1.24 bits per heavy atom. The molecule has 2 heteroatoms. The van der Waals surface area contributed by atoms with E-state index in [2.05, 4.69) is 168 Å². The summed E-state index contributed by atoms with van der Waals surface area (Å²) in [5.41, 5.74) is 11.0. The number of aryl methyl sites for hydroxylation is 1. The minimum atomic E-state index is 1.10. The number of rotatable bonds is 5. The SMILES string of the molecule is Cc1ccccc1-c1ccc(-c2cccc(-c3ccccc3Br)c2)cc1/C=C\c1ccc2sc3ccccc3c2c1. The number of hydrogen-bond acceptors (Lipinski definition) is 1. The number of benzene rings is 6. The van der Waals surface area contributed by atoms with Crippen LogP contribution >= 0.6 is 27.3 Å². The summed E-state index contributed by atoms with van der Waals surface area (Å²) in [6, 6.07) is 48.2. The van der Waals surface area contributed by atoms with Gasteiger partial charge in [-0.1, -0.05) is 125 Å². The Kier molecular flexibility index (Phi) is 6.88. The Labute approximate surface area is 253 Å². The highest BCUT2D eigenvalue weighted by molar-refractivity contribution is 9.10. The van der Waals surface area contributed by atoms with Crippen molar-refractivity contribution < 1.29 is 0 Å².